The molecular formula is C11H14O2S. The molecule has 0 amide bonds. The number of hydrogen-bond donors (Lipinski definition) is 0. The van der Waals surface area contributed by atoms with Crippen LogP contribution in [0.3, 0.4) is 0 Å². The van der Waals surface area contributed by atoms with Crippen molar-refractivity contribution in [3.8, 4) is 0 Å². The maximum atomic E-state index is 11.8. The van der Waals surface area contributed by atoms with Crippen LogP contribution in [0.2, 0.25) is 0 Å². The van der Waals surface area contributed by atoms with E-state index in [1.54, 1.807) is 31.2 Å². The second-order valence-corrected chi connectivity index (χ2v) is 5.60. The third-order valence-electron chi connectivity index (χ3n) is 2.17. The summed E-state index contributed by atoms with van der Waals surface area (Å²) in [7, 11) is -3.22. The quantitative estimate of drug-likeness (QED) is 0.718. The van der Waals surface area contributed by atoms with Crippen LogP contribution in [0.15, 0.2) is 41.8 Å². The SMILES string of the molecule is C=CC(C)S(=O)(=O)c1ccc(C)cc1. The lowest BCUT2D eigenvalue weighted by atomic mass is 10.2. The Hall–Kier alpha value is -1.09. The van der Waals surface area contributed by atoms with Crippen molar-refractivity contribution in [1.82, 2.24) is 0 Å². The summed E-state index contributed by atoms with van der Waals surface area (Å²) in [6, 6.07) is 6.85. The Labute approximate surface area is 85.2 Å². The van der Waals surface area contributed by atoms with Crippen molar-refractivity contribution in [2.45, 2.75) is 24.0 Å². The van der Waals surface area contributed by atoms with E-state index in [4.69, 9.17) is 0 Å². The summed E-state index contributed by atoms with van der Waals surface area (Å²) in [5.74, 6) is 0. The van der Waals surface area contributed by atoms with Gasteiger partial charge in [0.15, 0.2) is 9.84 Å². The fourth-order valence-electron chi connectivity index (χ4n) is 1.07. The van der Waals surface area contributed by atoms with Gasteiger partial charge in [0.05, 0.1) is 10.1 Å². The lowest BCUT2D eigenvalue weighted by Crippen LogP contribution is -2.14. The molecule has 0 heterocycles. The fraction of sp³-hybridized carbons (Fsp3) is 0.273. The lowest BCUT2D eigenvalue weighted by Gasteiger charge is -2.08. The van der Waals surface area contributed by atoms with Gasteiger partial charge in [-0.05, 0) is 26.0 Å². The van der Waals surface area contributed by atoms with E-state index in [0.29, 0.717) is 4.90 Å². The molecule has 76 valence electrons. The van der Waals surface area contributed by atoms with Crippen LogP contribution in [0.5, 0.6) is 0 Å². The maximum Gasteiger partial charge on any atom is 0.184 e. The molecule has 1 atom stereocenters. The summed E-state index contributed by atoms with van der Waals surface area (Å²) in [6.07, 6.45) is 1.44. The van der Waals surface area contributed by atoms with E-state index >= 15 is 0 Å². The predicted molar refractivity (Wildman–Crippen MR) is 58.0 cm³/mol. The van der Waals surface area contributed by atoms with Gasteiger partial charge in [-0.1, -0.05) is 23.8 Å². The average molecular weight is 210 g/mol. The molecule has 0 aliphatic rings. The minimum absolute atomic E-state index is 0.357. The molecule has 0 saturated heterocycles. The molecular weight excluding hydrogens is 196 g/mol. The molecule has 1 unspecified atom stereocenters. The first-order chi connectivity index (χ1) is 6.48. The molecule has 1 rings (SSSR count). The van der Waals surface area contributed by atoms with Gasteiger partial charge in [0, 0.05) is 0 Å². The molecule has 0 aliphatic heterocycles. The van der Waals surface area contributed by atoms with Crippen molar-refractivity contribution < 1.29 is 8.42 Å². The molecule has 1 aromatic carbocycles. The van der Waals surface area contributed by atoms with Crippen molar-refractivity contribution in [3.05, 3.63) is 42.5 Å². The van der Waals surface area contributed by atoms with Gasteiger partial charge >= 0.3 is 0 Å². The lowest BCUT2D eigenvalue weighted by molar-refractivity contribution is 0.591. The molecule has 2 nitrogen and oxygen atoms in total. The Morgan fingerprint density at radius 2 is 1.79 bits per heavy atom. The molecule has 0 fully saturated rings. The fourth-order valence-corrected chi connectivity index (χ4v) is 2.27. The Morgan fingerprint density at radius 3 is 2.21 bits per heavy atom. The van der Waals surface area contributed by atoms with E-state index in [1.807, 2.05) is 6.92 Å². The highest BCUT2D eigenvalue weighted by Crippen LogP contribution is 2.16. The first-order valence-corrected chi connectivity index (χ1v) is 5.96. The number of rotatable bonds is 3. The zero-order chi connectivity index (χ0) is 10.8. The highest BCUT2D eigenvalue weighted by atomic mass is 32.2. The van der Waals surface area contributed by atoms with Crippen LogP contribution in [0, 0.1) is 6.92 Å². The monoisotopic (exact) mass is 210 g/mol. The van der Waals surface area contributed by atoms with Crippen LogP contribution in [-0.4, -0.2) is 13.7 Å². The zero-order valence-electron chi connectivity index (χ0n) is 8.40. The average Bonchev–Trinajstić information content (AvgIpc) is 2.17. The summed E-state index contributed by atoms with van der Waals surface area (Å²) >= 11 is 0. The van der Waals surface area contributed by atoms with Crippen molar-refractivity contribution >= 4 is 9.84 Å². The van der Waals surface area contributed by atoms with Crippen LogP contribution in [0.25, 0.3) is 0 Å². The van der Waals surface area contributed by atoms with Gasteiger partial charge in [0.2, 0.25) is 0 Å². The number of sulfone groups is 1. The van der Waals surface area contributed by atoms with Gasteiger partial charge in [-0.2, -0.15) is 0 Å². The smallest absolute Gasteiger partial charge is 0.184 e. The normalized spacial score (nSPS) is 13.6. The molecule has 1 aromatic rings. The van der Waals surface area contributed by atoms with Gasteiger partial charge in [0.25, 0.3) is 0 Å². The van der Waals surface area contributed by atoms with Crippen molar-refractivity contribution in [1.29, 1.82) is 0 Å². The molecule has 0 aromatic heterocycles. The minimum atomic E-state index is -3.22. The molecule has 0 spiro atoms. The highest BCUT2D eigenvalue weighted by Gasteiger charge is 2.19. The van der Waals surface area contributed by atoms with Gasteiger partial charge in [0.1, 0.15) is 0 Å². The van der Waals surface area contributed by atoms with Crippen LogP contribution in [0.1, 0.15) is 12.5 Å². The van der Waals surface area contributed by atoms with E-state index < -0.39 is 15.1 Å². The van der Waals surface area contributed by atoms with Crippen molar-refractivity contribution in [3.63, 3.8) is 0 Å². The first-order valence-electron chi connectivity index (χ1n) is 4.41. The largest absolute Gasteiger partial charge is 0.223 e. The standard InChI is InChI=1S/C11H14O2S/c1-4-10(3)14(12,13)11-7-5-9(2)6-8-11/h4-8,10H,1H2,2-3H3. The van der Waals surface area contributed by atoms with Crippen molar-refractivity contribution in [2.75, 3.05) is 0 Å². The Kier molecular flexibility index (Phi) is 3.11. The second-order valence-electron chi connectivity index (χ2n) is 3.30. The van der Waals surface area contributed by atoms with Gasteiger partial charge in [-0.15, -0.1) is 6.58 Å². The Morgan fingerprint density at radius 1 is 1.29 bits per heavy atom. The summed E-state index contributed by atoms with van der Waals surface area (Å²) in [6.45, 7) is 7.04. The number of benzene rings is 1. The zero-order valence-corrected chi connectivity index (χ0v) is 9.21. The Bertz CT molecular complexity index is 415. The minimum Gasteiger partial charge on any atom is -0.223 e. The predicted octanol–water partition coefficient (Wildman–Crippen LogP) is 2.34. The molecule has 0 radical (unpaired) electrons. The summed E-state index contributed by atoms with van der Waals surface area (Å²) in [5, 5.41) is -0.537. The van der Waals surface area contributed by atoms with Crippen LogP contribution in [-0.2, 0) is 9.84 Å². The molecule has 14 heavy (non-hydrogen) atoms. The van der Waals surface area contributed by atoms with Gasteiger partial charge < -0.3 is 0 Å². The van der Waals surface area contributed by atoms with Crippen LogP contribution >= 0.6 is 0 Å². The molecule has 0 bridgehead atoms. The first kappa shape index (κ1) is 11.0. The topological polar surface area (TPSA) is 34.1 Å². The summed E-state index contributed by atoms with van der Waals surface area (Å²) in [4.78, 5) is 0.357. The second kappa shape index (κ2) is 3.96. The number of aryl methyl sites for hydroxylation is 1. The highest BCUT2D eigenvalue weighted by molar-refractivity contribution is 7.92. The molecule has 0 saturated carbocycles. The van der Waals surface area contributed by atoms with E-state index in [2.05, 4.69) is 6.58 Å². The summed E-state index contributed by atoms with van der Waals surface area (Å²) in [5.41, 5.74) is 1.05. The van der Waals surface area contributed by atoms with Crippen LogP contribution < -0.4 is 0 Å². The number of hydrogen-bond acceptors (Lipinski definition) is 2. The Balaban J connectivity index is 3.17. The molecule has 0 aliphatic carbocycles. The molecule has 0 N–H and O–H groups in total. The van der Waals surface area contributed by atoms with E-state index in [9.17, 15) is 8.42 Å². The van der Waals surface area contributed by atoms with E-state index in [0.717, 1.165) is 5.56 Å². The third kappa shape index (κ3) is 2.04. The van der Waals surface area contributed by atoms with E-state index in [1.165, 1.54) is 6.08 Å². The molecule has 3 heteroatoms. The van der Waals surface area contributed by atoms with Crippen molar-refractivity contribution in [2.24, 2.45) is 0 Å². The van der Waals surface area contributed by atoms with Crippen LogP contribution in [0.4, 0.5) is 0 Å². The van der Waals surface area contributed by atoms with Gasteiger partial charge in [-0.25, -0.2) is 8.42 Å². The maximum absolute atomic E-state index is 11.8. The third-order valence-corrected chi connectivity index (χ3v) is 4.27. The van der Waals surface area contributed by atoms with E-state index in [-0.39, 0.29) is 0 Å². The van der Waals surface area contributed by atoms with Gasteiger partial charge in [-0.3, -0.25) is 0 Å². The summed E-state index contributed by atoms with van der Waals surface area (Å²) < 4.78 is 23.6.